The van der Waals surface area contributed by atoms with E-state index in [0.29, 0.717) is 11.3 Å². The Morgan fingerprint density at radius 1 is 1.11 bits per heavy atom. The van der Waals surface area contributed by atoms with Gasteiger partial charge in [0.25, 0.3) is 0 Å². The molecule has 0 saturated heterocycles. The number of hydrogen-bond acceptors (Lipinski definition) is 0. The van der Waals surface area contributed by atoms with E-state index in [2.05, 4.69) is 59.7 Å². The van der Waals surface area contributed by atoms with Crippen LogP contribution < -0.4 is 0 Å². The topological polar surface area (TPSA) is 0 Å². The van der Waals surface area contributed by atoms with Crippen LogP contribution in [0.3, 0.4) is 0 Å². The summed E-state index contributed by atoms with van der Waals surface area (Å²) in [6, 6.07) is 6.91. The molecular formula is C18H32. The SMILES string of the molecule is CC.CCc1cc(C)ccc1C(C)CC(C)(C)C. The van der Waals surface area contributed by atoms with Crippen molar-refractivity contribution in [2.45, 2.75) is 74.1 Å². The van der Waals surface area contributed by atoms with E-state index in [1.807, 2.05) is 13.8 Å². The minimum Gasteiger partial charge on any atom is -0.0683 e. The Morgan fingerprint density at radius 3 is 2.11 bits per heavy atom. The molecule has 0 aliphatic rings. The molecule has 0 aliphatic heterocycles. The minimum atomic E-state index is 0.412. The lowest BCUT2D eigenvalue weighted by molar-refractivity contribution is 0.348. The fraction of sp³-hybridized carbons (Fsp3) is 0.667. The first kappa shape index (κ1) is 17.2. The molecule has 104 valence electrons. The lowest BCUT2D eigenvalue weighted by Crippen LogP contribution is -2.11. The normalized spacial score (nSPS) is 12.7. The number of benzene rings is 1. The maximum Gasteiger partial charge on any atom is -0.0183 e. The molecule has 0 heterocycles. The lowest BCUT2D eigenvalue weighted by atomic mass is 9.80. The molecule has 0 nitrogen and oxygen atoms in total. The summed E-state index contributed by atoms with van der Waals surface area (Å²) in [4.78, 5) is 0. The van der Waals surface area contributed by atoms with Crippen LogP contribution in [0.5, 0.6) is 0 Å². The third kappa shape index (κ3) is 5.71. The van der Waals surface area contributed by atoms with Crippen molar-refractivity contribution in [3.05, 3.63) is 34.9 Å². The molecule has 0 heteroatoms. The van der Waals surface area contributed by atoms with Crippen molar-refractivity contribution in [3.8, 4) is 0 Å². The van der Waals surface area contributed by atoms with Crippen molar-refractivity contribution >= 4 is 0 Å². The second kappa shape index (κ2) is 7.61. The first-order valence-electron chi connectivity index (χ1n) is 7.43. The number of hydrogen-bond donors (Lipinski definition) is 0. The Labute approximate surface area is 115 Å². The first-order chi connectivity index (χ1) is 8.33. The maximum atomic E-state index is 2.36. The van der Waals surface area contributed by atoms with Gasteiger partial charge in [-0.2, -0.15) is 0 Å². The van der Waals surface area contributed by atoms with E-state index in [0.717, 1.165) is 6.42 Å². The van der Waals surface area contributed by atoms with Gasteiger partial charge in [0, 0.05) is 0 Å². The first-order valence-corrected chi connectivity index (χ1v) is 7.43. The summed E-state index contributed by atoms with van der Waals surface area (Å²) in [6.45, 7) is 17.8. The van der Waals surface area contributed by atoms with Gasteiger partial charge in [0.2, 0.25) is 0 Å². The molecular weight excluding hydrogens is 216 g/mol. The molecule has 1 rings (SSSR count). The summed E-state index contributed by atoms with van der Waals surface area (Å²) in [5.41, 5.74) is 4.86. The zero-order valence-corrected chi connectivity index (χ0v) is 13.7. The van der Waals surface area contributed by atoms with Crippen molar-refractivity contribution < 1.29 is 0 Å². The molecule has 0 aromatic heterocycles. The van der Waals surface area contributed by atoms with Crippen molar-refractivity contribution in [1.82, 2.24) is 0 Å². The standard InChI is InChI=1S/C16H26.C2H6/c1-7-14-10-12(2)8-9-15(14)13(3)11-16(4,5)6;1-2/h8-10,13H,7,11H2,1-6H3;1-2H3. The quantitative estimate of drug-likeness (QED) is 0.604. The van der Waals surface area contributed by atoms with E-state index in [4.69, 9.17) is 0 Å². The highest BCUT2D eigenvalue weighted by Crippen LogP contribution is 2.32. The summed E-state index contributed by atoms with van der Waals surface area (Å²) in [7, 11) is 0. The Kier molecular flexibility index (Phi) is 7.28. The van der Waals surface area contributed by atoms with E-state index in [1.54, 1.807) is 5.56 Å². The van der Waals surface area contributed by atoms with Gasteiger partial charge in [0.05, 0.1) is 0 Å². The second-order valence-corrected chi connectivity index (χ2v) is 6.22. The Morgan fingerprint density at radius 2 is 1.67 bits per heavy atom. The van der Waals surface area contributed by atoms with Crippen LogP contribution in [0.15, 0.2) is 18.2 Å². The summed E-state index contributed by atoms with van der Waals surface area (Å²) < 4.78 is 0. The van der Waals surface area contributed by atoms with Crippen LogP contribution in [0.1, 0.15) is 77.5 Å². The smallest absolute Gasteiger partial charge is 0.0183 e. The Bertz CT molecular complexity index is 342. The van der Waals surface area contributed by atoms with E-state index < -0.39 is 0 Å². The molecule has 0 spiro atoms. The molecule has 1 aromatic carbocycles. The average Bonchev–Trinajstić information content (AvgIpc) is 2.29. The molecule has 1 unspecified atom stereocenters. The third-order valence-electron chi connectivity index (χ3n) is 3.13. The molecule has 0 aliphatic carbocycles. The predicted octanol–water partition coefficient (Wildman–Crippen LogP) is 6.12. The minimum absolute atomic E-state index is 0.412. The van der Waals surface area contributed by atoms with E-state index >= 15 is 0 Å². The summed E-state index contributed by atoms with van der Waals surface area (Å²) in [6.07, 6.45) is 2.40. The van der Waals surface area contributed by atoms with Crippen molar-refractivity contribution in [3.63, 3.8) is 0 Å². The van der Waals surface area contributed by atoms with E-state index in [-0.39, 0.29) is 0 Å². The highest BCUT2D eigenvalue weighted by atomic mass is 14.2. The molecule has 0 saturated carbocycles. The molecule has 18 heavy (non-hydrogen) atoms. The molecule has 0 N–H and O–H groups in total. The van der Waals surface area contributed by atoms with Crippen LogP contribution in [0.25, 0.3) is 0 Å². The largest absolute Gasteiger partial charge is 0.0683 e. The fourth-order valence-corrected chi connectivity index (χ4v) is 2.55. The van der Waals surface area contributed by atoms with Gasteiger partial charge in [0.15, 0.2) is 0 Å². The molecule has 1 atom stereocenters. The Balaban J connectivity index is 0.00000137. The zero-order chi connectivity index (χ0) is 14.3. The van der Waals surface area contributed by atoms with Gasteiger partial charge < -0.3 is 0 Å². The second-order valence-electron chi connectivity index (χ2n) is 6.22. The van der Waals surface area contributed by atoms with Crippen LogP contribution >= 0.6 is 0 Å². The van der Waals surface area contributed by atoms with Gasteiger partial charge in [-0.25, -0.2) is 0 Å². The summed E-state index contributed by atoms with van der Waals surface area (Å²) in [5, 5.41) is 0. The van der Waals surface area contributed by atoms with E-state index in [1.165, 1.54) is 17.5 Å². The molecule has 0 fully saturated rings. The molecule has 1 aromatic rings. The average molecular weight is 248 g/mol. The van der Waals surface area contributed by atoms with Gasteiger partial charge in [-0.05, 0) is 42.2 Å². The molecule has 0 bridgehead atoms. The number of aryl methyl sites for hydroxylation is 2. The van der Waals surface area contributed by atoms with Crippen LogP contribution in [0.4, 0.5) is 0 Å². The monoisotopic (exact) mass is 248 g/mol. The Hall–Kier alpha value is -0.780. The third-order valence-corrected chi connectivity index (χ3v) is 3.13. The predicted molar refractivity (Wildman–Crippen MR) is 84.4 cm³/mol. The summed E-state index contributed by atoms with van der Waals surface area (Å²) in [5.74, 6) is 0.663. The maximum absolute atomic E-state index is 2.36. The molecule has 0 amide bonds. The van der Waals surface area contributed by atoms with Crippen molar-refractivity contribution in [2.24, 2.45) is 5.41 Å². The highest BCUT2D eigenvalue weighted by Gasteiger charge is 2.18. The van der Waals surface area contributed by atoms with Crippen molar-refractivity contribution in [1.29, 1.82) is 0 Å². The fourth-order valence-electron chi connectivity index (χ4n) is 2.55. The zero-order valence-electron chi connectivity index (χ0n) is 13.7. The van der Waals surface area contributed by atoms with Gasteiger partial charge in [-0.3, -0.25) is 0 Å². The van der Waals surface area contributed by atoms with Gasteiger partial charge in [0.1, 0.15) is 0 Å². The lowest BCUT2D eigenvalue weighted by Gasteiger charge is -2.25. The van der Waals surface area contributed by atoms with Crippen LogP contribution in [0, 0.1) is 12.3 Å². The highest BCUT2D eigenvalue weighted by molar-refractivity contribution is 5.34. The van der Waals surface area contributed by atoms with Crippen molar-refractivity contribution in [2.75, 3.05) is 0 Å². The van der Waals surface area contributed by atoms with Crippen LogP contribution in [-0.2, 0) is 6.42 Å². The summed E-state index contributed by atoms with van der Waals surface area (Å²) >= 11 is 0. The molecule has 0 radical (unpaired) electrons. The van der Waals surface area contributed by atoms with Gasteiger partial charge in [-0.1, -0.05) is 72.2 Å². The van der Waals surface area contributed by atoms with Crippen LogP contribution in [-0.4, -0.2) is 0 Å². The number of rotatable bonds is 3. The van der Waals surface area contributed by atoms with Gasteiger partial charge in [-0.15, -0.1) is 0 Å². The van der Waals surface area contributed by atoms with Crippen LogP contribution in [0.2, 0.25) is 0 Å². The van der Waals surface area contributed by atoms with Gasteiger partial charge >= 0.3 is 0 Å². The van der Waals surface area contributed by atoms with E-state index in [9.17, 15) is 0 Å².